The van der Waals surface area contributed by atoms with Crippen LogP contribution in [0.1, 0.15) is 29.3 Å². The smallest absolute Gasteiger partial charge is 0.253 e. The molecule has 144 valence electrons. The molecule has 0 aliphatic rings. The lowest BCUT2D eigenvalue weighted by Gasteiger charge is -2.13. The van der Waals surface area contributed by atoms with Crippen molar-refractivity contribution < 1.29 is 9.53 Å². The first-order chi connectivity index (χ1) is 13.8. The lowest BCUT2D eigenvalue weighted by molar-refractivity contribution is 0.0954. The Morgan fingerprint density at radius 3 is 2.54 bits per heavy atom. The second-order valence-corrected chi connectivity index (χ2v) is 6.54. The van der Waals surface area contributed by atoms with E-state index >= 15 is 0 Å². The molecule has 2 N–H and O–H groups in total. The van der Waals surface area contributed by atoms with E-state index in [0.717, 1.165) is 30.0 Å². The third kappa shape index (κ3) is 5.61. The maximum atomic E-state index is 12.4. The molecule has 0 radical (unpaired) electrons. The Morgan fingerprint density at radius 1 is 0.929 bits per heavy atom. The van der Waals surface area contributed by atoms with Gasteiger partial charge >= 0.3 is 0 Å². The Morgan fingerprint density at radius 2 is 1.71 bits per heavy atom. The fraction of sp³-hybridized carbons (Fsp3) is 0.208. The van der Waals surface area contributed by atoms with Crippen molar-refractivity contribution in [1.29, 1.82) is 0 Å². The number of anilines is 2. The Hall–Kier alpha value is -3.27. The van der Waals surface area contributed by atoms with Gasteiger partial charge in [-0.2, -0.15) is 0 Å². The summed E-state index contributed by atoms with van der Waals surface area (Å²) < 4.78 is 5.90. The molecule has 0 aromatic heterocycles. The first-order valence-electron chi connectivity index (χ1n) is 9.67. The van der Waals surface area contributed by atoms with Crippen molar-refractivity contribution in [3.8, 4) is 5.75 Å². The summed E-state index contributed by atoms with van der Waals surface area (Å²) in [5, 5.41) is 6.26. The molecule has 1 amide bonds. The van der Waals surface area contributed by atoms with E-state index in [4.69, 9.17) is 4.74 Å². The van der Waals surface area contributed by atoms with E-state index in [1.165, 1.54) is 5.56 Å². The van der Waals surface area contributed by atoms with Gasteiger partial charge < -0.3 is 15.4 Å². The molecule has 0 atom stereocenters. The highest BCUT2D eigenvalue weighted by atomic mass is 16.5. The minimum atomic E-state index is -0.0692. The third-order valence-corrected chi connectivity index (χ3v) is 4.32. The largest absolute Gasteiger partial charge is 0.493 e. The van der Waals surface area contributed by atoms with Crippen molar-refractivity contribution in [1.82, 2.24) is 5.32 Å². The SMILES string of the molecule is CCCNC(=O)c1ccccc1Nc1cccc(OCCc2ccccc2)c1. The van der Waals surface area contributed by atoms with Crippen LogP contribution in [0.2, 0.25) is 0 Å². The summed E-state index contributed by atoms with van der Waals surface area (Å²) in [5.74, 6) is 0.731. The molecule has 0 aliphatic carbocycles. The van der Waals surface area contributed by atoms with Gasteiger partial charge in [-0.05, 0) is 36.2 Å². The number of rotatable bonds is 9. The molecule has 28 heavy (non-hydrogen) atoms. The molecular weight excluding hydrogens is 348 g/mol. The van der Waals surface area contributed by atoms with Crippen LogP contribution in [0.5, 0.6) is 5.75 Å². The van der Waals surface area contributed by atoms with Crippen LogP contribution in [-0.2, 0) is 6.42 Å². The number of nitrogens with one attached hydrogen (secondary N) is 2. The van der Waals surface area contributed by atoms with E-state index in [9.17, 15) is 4.79 Å². The van der Waals surface area contributed by atoms with Gasteiger partial charge in [-0.1, -0.05) is 55.5 Å². The monoisotopic (exact) mass is 374 g/mol. The van der Waals surface area contributed by atoms with Gasteiger partial charge in [-0.15, -0.1) is 0 Å². The molecule has 3 aromatic carbocycles. The van der Waals surface area contributed by atoms with E-state index in [1.807, 2.05) is 73.7 Å². The minimum Gasteiger partial charge on any atom is -0.493 e. The number of carbonyl (C=O) groups excluding carboxylic acids is 1. The molecule has 0 heterocycles. The lowest BCUT2D eigenvalue weighted by Crippen LogP contribution is -2.24. The van der Waals surface area contributed by atoms with Crippen LogP contribution < -0.4 is 15.4 Å². The molecule has 4 nitrogen and oxygen atoms in total. The van der Waals surface area contributed by atoms with Gasteiger partial charge in [0.15, 0.2) is 0 Å². The van der Waals surface area contributed by atoms with E-state index < -0.39 is 0 Å². The second kappa shape index (κ2) is 10.2. The van der Waals surface area contributed by atoms with Crippen LogP contribution in [0, 0.1) is 0 Å². The van der Waals surface area contributed by atoms with Crippen molar-refractivity contribution in [3.05, 3.63) is 90.0 Å². The lowest BCUT2D eigenvalue weighted by atomic mass is 10.1. The van der Waals surface area contributed by atoms with Crippen molar-refractivity contribution in [2.75, 3.05) is 18.5 Å². The number of hydrogen-bond donors (Lipinski definition) is 2. The van der Waals surface area contributed by atoms with Gasteiger partial charge in [0.05, 0.1) is 17.9 Å². The highest BCUT2D eigenvalue weighted by Crippen LogP contribution is 2.24. The van der Waals surface area contributed by atoms with Crippen LogP contribution in [0.25, 0.3) is 0 Å². The zero-order chi connectivity index (χ0) is 19.6. The van der Waals surface area contributed by atoms with Crippen molar-refractivity contribution in [2.45, 2.75) is 19.8 Å². The molecule has 0 aliphatic heterocycles. The molecule has 0 unspecified atom stereocenters. The number of carbonyl (C=O) groups is 1. The number of hydrogen-bond acceptors (Lipinski definition) is 3. The standard InChI is InChI=1S/C24H26N2O2/c1-2-16-25-24(27)22-13-6-7-14-23(22)26-20-11-8-12-21(18-20)28-17-15-19-9-4-3-5-10-19/h3-14,18,26H,2,15-17H2,1H3,(H,25,27). The number of para-hydroxylation sites is 1. The normalized spacial score (nSPS) is 10.3. The van der Waals surface area contributed by atoms with Crippen molar-refractivity contribution in [2.24, 2.45) is 0 Å². The first-order valence-corrected chi connectivity index (χ1v) is 9.67. The Balaban J connectivity index is 1.64. The van der Waals surface area contributed by atoms with Crippen LogP contribution in [0.15, 0.2) is 78.9 Å². The molecule has 0 bridgehead atoms. The highest BCUT2D eigenvalue weighted by molar-refractivity contribution is 6.00. The van der Waals surface area contributed by atoms with E-state index in [2.05, 4.69) is 22.8 Å². The topological polar surface area (TPSA) is 50.4 Å². The van der Waals surface area contributed by atoms with E-state index in [1.54, 1.807) is 0 Å². The van der Waals surface area contributed by atoms with Crippen LogP contribution in [-0.4, -0.2) is 19.1 Å². The predicted molar refractivity (Wildman–Crippen MR) is 114 cm³/mol. The minimum absolute atomic E-state index is 0.0692. The van der Waals surface area contributed by atoms with E-state index in [-0.39, 0.29) is 5.91 Å². The molecule has 0 saturated carbocycles. The maximum absolute atomic E-state index is 12.4. The number of benzene rings is 3. The summed E-state index contributed by atoms with van der Waals surface area (Å²) in [5.41, 5.74) is 3.54. The average molecular weight is 374 g/mol. The third-order valence-electron chi connectivity index (χ3n) is 4.32. The molecule has 0 spiro atoms. The summed E-state index contributed by atoms with van der Waals surface area (Å²) in [6.45, 7) is 3.31. The van der Waals surface area contributed by atoms with Crippen molar-refractivity contribution >= 4 is 17.3 Å². The van der Waals surface area contributed by atoms with Crippen LogP contribution in [0.3, 0.4) is 0 Å². The summed E-state index contributed by atoms with van der Waals surface area (Å²) >= 11 is 0. The summed E-state index contributed by atoms with van der Waals surface area (Å²) in [4.78, 5) is 12.4. The number of ether oxygens (including phenoxy) is 1. The summed E-state index contributed by atoms with van der Waals surface area (Å²) in [6, 6.07) is 25.6. The highest BCUT2D eigenvalue weighted by Gasteiger charge is 2.10. The van der Waals surface area contributed by atoms with Gasteiger partial charge in [0.2, 0.25) is 0 Å². The van der Waals surface area contributed by atoms with Crippen LogP contribution in [0.4, 0.5) is 11.4 Å². The Bertz CT molecular complexity index is 894. The predicted octanol–water partition coefficient (Wildman–Crippen LogP) is 5.19. The van der Waals surface area contributed by atoms with Gasteiger partial charge in [0.25, 0.3) is 5.91 Å². The molecule has 0 saturated heterocycles. The van der Waals surface area contributed by atoms with E-state index in [0.29, 0.717) is 18.7 Å². The zero-order valence-corrected chi connectivity index (χ0v) is 16.2. The second-order valence-electron chi connectivity index (χ2n) is 6.54. The Labute approximate surface area is 166 Å². The summed E-state index contributed by atoms with van der Waals surface area (Å²) in [6.07, 6.45) is 1.77. The molecule has 0 fully saturated rings. The average Bonchev–Trinajstić information content (AvgIpc) is 2.73. The Kier molecular flexibility index (Phi) is 7.08. The molecular formula is C24H26N2O2. The molecule has 3 rings (SSSR count). The van der Waals surface area contributed by atoms with Gasteiger partial charge in [-0.3, -0.25) is 4.79 Å². The first kappa shape index (κ1) is 19.5. The molecule has 3 aromatic rings. The maximum Gasteiger partial charge on any atom is 0.253 e. The van der Waals surface area contributed by atoms with Crippen LogP contribution >= 0.6 is 0 Å². The zero-order valence-electron chi connectivity index (χ0n) is 16.2. The van der Waals surface area contributed by atoms with Gasteiger partial charge in [-0.25, -0.2) is 0 Å². The van der Waals surface area contributed by atoms with Crippen molar-refractivity contribution in [3.63, 3.8) is 0 Å². The van der Waals surface area contributed by atoms with Gasteiger partial charge in [0.1, 0.15) is 5.75 Å². The summed E-state index contributed by atoms with van der Waals surface area (Å²) in [7, 11) is 0. The molecule has 4 heteroatoms. The fourth-order valence-corrected chi connectivity index (χ4v) is 2.87. The quantitative estimate of drug-likeness (QED) is 0.542. The van der Waals surface area contributed by atoms with Gasteiger partial charge in [0, 0.05) is 24.7 Å². The number of amides is 1. The fourth-order valence-electron chi connectivity index (χ4n) is 2.87.